The van der Waals surface area contributed by atoms with Gasteiger partial charge >= 0.3 is 21.6 Å². The number of benzene rings is 1. The number of carboxylic acid groups (broad SMARTS) is 1. The van der Waals surface area contributed by atoms with Gasteiger partial charge in [0.25, 0.3) is 0 Å². The number of carbonyl (C=O) groups is 1. The van der Waals surface area contributed by atoms with Crippen molar-refractivity contribution in [2.75, 3.05) is 0 Å². The van der Waals surface area contributed by atoms with Crippen LogP contribution in [0.15, 0.2) is 30.3 Å². The van der Waals surface area contributed by atoms with Gasteiger partial charge in [0.1, 0.15) is 5.75 Å². The number of alkyl halides is 3. The maximum absolute atomic E-state index is 12.1. The summed E-state index contributed by atoms with van der Waals surface area (Å²) in [6.07, 6.45) is 1.56. The van der Waals surface area contributed by atoms with Gasteiger partial charge in [0.05, 0.1) is 0 Å². The summed E-state index contributed by atoms with van der Waals surface area (Å²) < 4.78 is 62.0. The summed E-state index contributed by atoms with van der Waals surface area (Å²) in [5, 5.41) is 8.40. The number of hydrogen-bond donors (Lipinski definition) is 1. The molecule has 0 radical (unpaired) electrons. The Balaban J connectivity index is 3.13. The molecule has 0 saturated carbocycles. The summed E-state index contributed by atoms with van der Waals surface area (Å²) in [4.78, 5) is 10.3. The van der Waals surface area contributed by atoms with Crippen molar-refractivity contribution in [3.8, 4) is 5.75 Å². The number of rotatable bonds is 4. The summed E-state index contributed by atoms with van der Waals surface area (Å²) >= 11 is 0. The molecule has 104 valence electrons. The molecular weight excluding hydrogens is 289 g/mol. The standard InChI is InChI=1S/C10H7F3O5S/c11-10(12,13)19(16,17)18-8-4-2-1-3-7(8)5-6-9(14)15/h1-6H,(H,14,15)/b6-5+. The lowest BCUT2D eigenvalue weighted by Gasteiger charge is -2.11. The van der Waals surface area contributed by atoms with Gasteiger partial charge in [-0.25, -0.2) is 4.79 Å². The molecule has 0 fully saturated rings. The van der Waals surface area contributed by atoms with Crippen LogP contribution < -0.4 is 4.18 Å². The molecule has 0 aliphatic rings. The Labute approximate surface area is 106 Å². The van der Waals surface area contributed by atoms with E-state index in [2.05, 4.69) is 4.18 Å². The van der Waals surface area contributed by atoms with Crippen molar-refractivity contribution in [2.24, 2.45) is 0 Å². The maximum atomic E-state index is 12.1. The van der Waals surface area contributed by atoms with Gasteiger partial charge in [-0.2, -0.15) is 21.6 Å². The fraction of sp³-hybridized carbons (Fsp3) is 0.100. The second-order valence-corrected chi connectivity index (χ2v) is 4.73. The Morgan fingerprint density at radius 3 is 2.37 bits per heavy atom. The number of hydrogen-bond acceptors (Lipinski definition) is 4. The molecule has 0 heterocycles. The molecule has 1 aromatic carbocycles. The lowest BCUT2D eigenvalue weighted by molar-refractivity contribution is -0.131. The SMILES string of the molecule is O=C(O)/C=C/c1ccccc1OS(=O)(=O)C(F)(F)F. The Morgan fingerprint density at radius 2 is 1.84 bits per heavy atom. The highest BCUT2D eigenvalue weighted by atomic mass is 32.2. The molecule has 1 rings (SSSR count). The minimum Gasteiger partial charge on any atom is -0.478 e. The van der Waals surface area contributed by atoms with Gasteiger partial charge in [-0.15, -0.1) is 0 Å². The van der Waals surface area contributed by atoms with Crippen molar-refractivity contribution in [3.63, 3.8) is 0 Å². The molecule has 0 spiro atoms. The van der Waals surface area contributed by atoms with Crippen molar-refractivity contribution in [1.29, 1.82) is 0 Å². The predicted octanol–water partition coefficient (Wildman–Crippen LogP) is 2.01. The third-order valence-electron chi connectivity index (χ3n) is 1.81. The Morgan fingerprint density at radius 1 is 1.26 bits per heavy atom. The average Bonchev–Trinajstić information content (AvgIpc) is 2.25. The number of carboxylic acids is 1. The Kier molecular flexibility index (Phi) is 4.20. The van der Waals surface area contributed by atoms with Crippen molar-refractivity contribution >= 4 is 22.2 Å². The van der Waals surface area contributed by atoms with Crippen LogP contribution in [-0.2, 0) is 14.9 Å². The summed E-state index contributed by atoms with van der Waals surface area (Å²) in [5.41, 5.74) is -5.67. The van der Waals surface area contributed by atoms with E-state index < -0.39 is 27.3 Å². The first-order valence-electron chi connectivity index (χ1n) is 4.64. The fourth-order valence-corrected chi connectivity index (χ4v) is 1.50. The monoisotopic (exact) mass is 296 g/mol. The van der Waals surface area contributed by atoms with Gasteiger partial charge in [0.2, 0.25) is 0 Å². The second kappa shape index (κ2) is 5.31. The number of para-hydroxylation sites is 1. The molecule has 0 amide bonds. The largest absolute Gasteiger partial charge is 0.534 e. The molecule has 0 saturated heterocycles. The van der Waals surface area contributed by atoms with E-state index in [1.54, 1.807) is 0 Å². The van der Waals surface area contributed by atoms with Crippen LogP contribution in [0.4, 0.5) is 13.2 Å². The minimum atomic E-state index is -5.79. The summed E-state index contributed by atoms with van der Waals surface area (Å²) in [6.45, 7) is 0. The molecule has 5 nitrogen and oxygen atoms in total. The van der Waals surface area contributed by atoms with Crippen LogP contribution in [0.5, 0.6) is 5.75 Å². The van der Waals surface area contributed by atoms with Crippen molar-refractivity contribution in [3.05, 3.63) is 35.9 Å². The van der Waals surface area contributed by atoms with Crippen LogP contribution in [0.2, 0.25) is 0 Å². The van der Waals surface area contributed by atoms with Crippen LogP contribution in [-0.4, -0.2) is 25.0 Å². The van der Waals surface area contributed by atoms with Gasteiger partial charge < -0.3 is 9.29 Å². The van der Waals surface area contributed by atoms with Gasteiger partial charge in [-0.05, 0) is 12.1 Å². The van der Waals surface area contributed by atoms with Crippen LogP contribution in [0, 0.1) is 0 Å². The molecule has 0 bridgehead atoms. The highest BCUT2D eigenvalue weighted by molar-refractivity contribution is 7.88. The van der Waals surface area contributed by atoms with E-state index in [-0.39, 0.29) is 5.56 Å². The first-order chi connectivity index (χ1) is 8.63. The average molecular weight is 296 g/mol. The Hall–Kier alpha value is -2.03. The molecule has 0 atom stereocenters. The lowest BCUT2D eigenvalue weighted by atomic mass is 10.2. The van der Waals surface area contributed by atoms with E-state index in [4.69, 9.17) is 5.11 Å². The van der Waals surface area contributed by atoms with E-state index in [1.807, 2.05) is 0 Å². The van der Waals surface area contributed by atoms with E-state index in [9.17, 15) is 26.4 Å². The van der Waals surface area contributed by atoms with E-state index in [0.717, 1.165) is 12.1 Å². The van der Waals surface area contributed by atoms with E-state index >= 15 is 0 Å². The summed E-state index contributed by atoms with van der Waals surface area (Å²) in [7, 11) is -5.79. The molecule has 0 unspecified atom stereocenters. The van der Waals surface area contributed by atoms with Crippen LogP contribution >= 0.6 is 0 Å². The quantitative estimate of drug-likeness (QED) is 0.522. The van der Waals surface area contributed by atoms with Crippen LogP contribution in [0.1, 0.15) is 5.56 Å². The zero-order chi connectivity index (χ0) is 14.7. The van der Waals surface area contributed by atoms with Gasteiger partial charge in [0, 0.05) is 11.6 Å². The van der Waals surface area contributed by atoms with E-state index in [1.165, 1.54) is 18.2 Å². The van der Waals surface area contributed by atoms with Crippen molar-refractivity contribution in [2.45, 2.75) is 5.51 Å². The number of halogens is 3. The van der Waals surface area contributed by atoms with Gasteiger partial charge in [-0.1, -0.05) is 18.2 Å². The first kappa shape index (κ1) is 15.0. The zero-order valence-electron chi connectivity index (χ0n) is 9.09. The zero-order valence-corrected chi connectivity index (χ0v) is 9.90. The van der Waals surface area contributed by atoms with Gasteiger partial charge in [-0.3, -0.25) is 0 Å². The smallest absolute Gasteiger partial charge is 0.478 e. The Bertz CT molecular complexity index is 604. The van der Waals surface area contributed by atoms with Crippen molar-refractivity contribution in [1.82, 2.24) is 0 Å². The molecule has 0 aromatic heterocycles. The fourth-order valence-electron chi connectivity index (χ4n) is 1.02. The third-order valence-corrected chi connectivity index (χ3v) is 2.77. The van der Waals surface area contributed by atoms with Gasteiger partial charge in [0.15, 0.2) is 0 Å². The van der Waals surface area contributed by atoms with Crippen LogP contribution in [0.3, 0.4) is 0 Å². The topological polar surface area (TPSA) is 80.7 Å². The highest BCUT2D eigenvalue weighted by Crippen LogP contribution is 2.29. The van der Waals surface area contributed by atoms with Crippen molar-refractivity contribution < 1.29 is 35.7 Å². The first-order valence-corrected chi connectivity index (χ1v) is 6.05. The third kappa shape index (κ3) is 3.98. The molecule has 1 N–H and O–H groups in total. The molecule has 0 aliphatic heterocycles. The maximum Gasteiger partial charge on any atom is 0.534 e. The van der Waals surface area contributed by atoms with E-state index in [0.29, 0.717) is 6.08 Å². The number of aliphatic carboxylic acids is 1. The molecule has 19 heavy (non-hydrogen) atoms. The molecular formula is C10H7F3O5S. The summed E-state index contributed by atoms with van der Waals surface area (Å²) in [5.74, 6) is -1.95. The molecule has 0 aliphatic carbocycles. The second-order valence-electron chi connectivity index (χ2n) is 3.19. The molecule has 9 heteroatoms. The van der Waals surface area contributed by atoms with Crippen LogP contribution in [0.25, 0.3) is 6.08 Å². The lowest BCUT2D eigenvalue weighted by Crippen LogP contribution is -2.28. The predicted molar refractivity (Wildman–Crippen MR) is 58.7 cm³/mol. The normalized spacial score (nSPS) is 12.6. The highest BCUT2D eigenvalue weighted by Gasteiger charge is 2.48. The summed E-state index contributed by atoms with van der Waals surface area (Å²) in [6, 6.07) is 4.82. The molecule has 1 aromatic rings. The minimum absolute atomic E-state index is 0.113.